The summed E-state index contributed by atoms with van der Waals surface area (Å²) in [4.78, 5) is 0. The van der Waals surface area contributed by atoms with E-state index in [0.717, 1.165) is 79.4 Å². The molecule has 0 spiro atoms. The Morgan fingerprint density at radius 2 is 0.950 bits per heavy atom. The average Bonchev–Trinajstić information content (AvgIpc) is 4.05. The van der Waals surface area contributed by atoms with Crippen molar-refractivity contribution in [2.45, 2.75) is 12.8 Å². The van der Waals surface area contributed by atoms with Crippen LogP contribution in [-0.4, -0.2) is 9.13 Å². The van der Waals surface area contributed by atoms with Crippen molar-refractivity contribution in [3.8, 4) is 33.8 Å². The molecule has 0 amide bonds. The molecular formula is C56H34N2O2. The molecule has 0 bridgehead atoms. The molecule has 0 fully saturated rings. The van der Waals surface area contributed by atoms with Crippen LogP contribution in [-0.2, 0) is 12.8 Å². The molecule has 1 aliphatic rings. The third kappa shape index (κ3) is 4.39. The number of aromatic nitrogens is 2. The van der Waals surface area contributed by atoms with Crippen molar-refractivity contribution in [2.24, 2.45) is 0 Å². The molecule has 14 rings (SSSR count). The SMILES string of the molecule is c1ccc(-n2c3ccc(-c4ccc5c(c4)c4cc6c(cc4n5-c4ccccc4)oc4c5ccccc5ccc64)cc3c3cc4c5c(oc4cc32)-c2ccccc2CC5)cc1. The summed E-state index contributed by atoms with van der Waals surface area (Å²) in [6, 6.07) is 66.2. The molecule has 0 atom stereocenters. The van der Waals surface area contributed by atoms with Gasteiger partial charge >= 0.3 is 0 Å². The first-order chi connectivity index (χ1) is 29.7. The van der Waals surface area contributed by atoms with Crippen molar-refractivity contribution in [3.63, 3.8) is 0 Å². The molecule has 60 heavy (non-hydrogen) atoms. The first-order valence-corrected chi connectivity index (χ1v) is 20.8. The number of nitrogens with zero attached hydrogens (tertiary/aromatic N) is 2. The van der Waals surface area contributed by atoms with Crippen molar-refractivity contribution in [1.82, 2.24) is 9.13 Å². The molecule has 4 heteroatoms. The van der Waals surface area contributed by atoms with E-state index in [1.165, 1.54) is 65.7 Å². The van der Waals surface area contributed by atoms with Crippen LogP contribution < -0.4 is 0 Å². The van der Waals surface area contributed by atoms with Crippen molar-refractivity contribution in [3.05, 3.63) is 193 Å². The summed E-state index contributed by atoms with van der Waals surface area (Å²) in [7, 11) is 0. The van der Waals surface area contributed by atoms with E-state index in [2.05, 4.69) is 191 Å². The Balaban J connectivity index is 1.01. The molecule has 4 heterocycles. The van der Waals surface area contributed by atoms with Gasteiger partial charge in [0.25, 0.3) is 0 Å². The van der Waals surface area contributed by atoms with Crippen LogP contribution in [0.4, 0.5) is 0 Å². The Hall–Kier alpha value is -7.82. The predicted molar refractivity (Wildman–Crippen MR) is 248 cm³/mol. The van der Waals surface area contributed by atoms with Gasteiger partial charge < -0.3 is 18.0 Å². The molecule has 4 nitrogen and oxygen atoms in total. The summed E-state index contributed by atoms with van der Waals surface area (Å²) in [6.45, 7) is 0. The third-order valence-corrected chi connectivity index (χ3v) is 13.2. The summed E-state index contributed by atoms with van der Waals surface area (Å²) >= 11 is 0. The molecule has 0 radical (unpaired) electrons. The number of benzene rings is 9. The lowest BCUT2D eigenvalue weighted by molar-refractivity contribution is 0.621. The number of rotatable bonds is 3. The lowest BCUT2D eigenvalue weighted by Crippen LogP contribution is -2.01. The first kappa shape index (κ1) is 32.2. The summed E-state index contributed by atoms with van der Waals surface area (Å²) in [5.74, 6) is 1.02. The van der Waals surface area contributed by atoms with Crippen LogP contribution in [0.5, 0.6) is 0 Å². The summed E-state index contributed by atoms with van der Waals surface area (Å²) in [6.07, 6.45) is 2.00. The number of hydrogen-bond acceptors (Lipinski definition) is 2. The van der Waals surface area contributed by atoms with Gasteiger partial charge in [-0.05, 0) is 102 Å². The zero-order valence-electron chi connectivity index (χ0n) is 32.4. The van der Waals surface area contributed by atoms with Gasteiger partial charge in [0.05, 0.1) is 22.1 Å². The van der Waals surface area contributed by atoms with Crippen molar-refractivity contribution in [1.29, 1.82) is 0 Å². The summed E-state index contributed by atoms with van der Waals surface area (Å²) in [5.41, 5.74) is 15.9. The van der Waals surface area contributed by atoms with Crippen LogP contribution in [0.2, 0.25) is 0 Å². The van der Waals surface area contributed by atoms with Gasteiger partial charge in [0.2, 0.25) is 0 Å². The highest BCUT2D eigenvalue weighted by atomic mass is 16.3. The molecule has 0 saturated heterocycles. The highest BCUT2D eigenvalue weighted by Crippen LogP contribution is 2.45. The van der Waals surface area contributed by atoms with Gasteiger partial charge in [-0.3, -0.25) is 0 Å². The van der Waals surface area contributed by atoms with Crippen LogP contribution in [0.15, 0.2) is 191 Å². The Morgan fingerprint density at radius 1 is 0.367 bits per heavy atom. The number of furan rings is 2. The van der Waals surface area contributed by atoms with Gasteiger partial charge in [-0.1, -0.05) is 103 Å². The van der Waals surface area contributed by atoms with Gasteiger partial charge in [0.1, 0.15) is 22.5 Å². The number of hydrogen-bond donors (Lipinski definition) is 0. The molecular weight excluding hydrogens is 733 g/mol. The molecule has 9 aromatic carbocycles. The van der Waals surface area contributed by atoms with Gasteiger partial charge in [-0.2, -0.15) is 0 Å². The van der Waals surface area contributed by atoms with Crippen LogP contribution in [0.1, 0.15) is 11.1 Å². The molecule has 280 valence electrons. The van der Waals surface area contributed by atoms with Crippen molar-refractivity contribution >= 4 is 87.3 Å². The smallest absolute Gasteiger partial charge is 0.143 e. The van der Waals surface area contributed by atoms with Gasteiger partial charge in [0, 0.05) is 77.7 Å². The largest absolute Gasteiger partial charge is 0.456 e. The quantitative estimate of drug-likeness (QED) is 0.180. The predicted octanol–water partition coefficient (Wildman–Crippen LogP) is 15.1. The lowest BCUT2D eigenvalue weighted by atomic mass is 9.89. The van der Waals surface area contributed by atoms with E-state index in [1.807, 2.05) is 0 Å². The zero-order chi connectivity index (χ0) is 39.1. The molecule has 1 aliphatic carbocycles. The van der Waals surface area contributed by atoms with Crippen LogP contribution in [0, 0.1) is 0 Å². The normalized spacial score (nSPS) is 12.9. The Labute approximate surface area is 343 Å². The maximum Gasteiger partial charge on any atom is 0.143 e. The fraction of sp³-hybridized carbons (Fsp3) is 0.0357. The average molecular weight is 767 g/mol. The monoisotopic (exact) mass is 766 g/mol. The number of aryl methyl sites for hydroxylation is 2. The third-order valence-electron chi connectivity index (χ3n) is 13.2. The first-order valence-electron chi connectivity index (χ1n) is 20.8. The second kappa shape index (κ2) is 11.9. The molecule has 4 aromatic heterocycles. The number of para-hydroxylation sites is 2. The van der Waals surface area contributed by atoms with Crippen molar-refractivity contribution < 1.29 is 8.83 Å². The van der Waals surface area contributed by atoms with Crippen LogP contribution in [0.25, 0.3) is 121 Å². The molecule has 0 N–H and O–H groups in total. The molecule has 0 saturated carbocycles. The maximum atomic E-state index is 6.76. The van der Waals surface area contributed by atoms with E-state index >= 15 is 0 Å². The minimum atomic E-state index is 0.895. The number of fused-ring (bicyclic) bond motifs is 16. The Morgan fingerprint density at radius 3 is 1.65 bits per heavy atom. The van der Waals surface area contributed by atoms with Gasteiger partial charge in [-0.25, -0.2) is 0 Å². The fourth-order valence-electron chi connectivity index (χ4n) is 10.4. The molecule has 0 aliphatic heterocycles. The minimum absolute atomic E-state index is 0.895. The fourth-order valence-corrected chi connectivity index (χ4v) is 10.4. The summed E-state index contributed by atoms with van der Waals surface area (Å²) in [5, 5.41) is 10.7. The molecule has 0 unspecified atom stereocenters. The minimum Gasteiger partial charge on any atom is -0.456 e. The highest BCUT2D eigenvalue weighted by molar-refractivity contribution is 6.21. The zero-order valence-corrected chi connectivity index (χ0v) is 32.4. The highest BCUT2D eigenvalue weighted by Gasteiger charge is 2.25. The van der Waals surface area contributed by atoms with Crippen LogP contribution in [0.3, 0.4) is 0 Å². The lowest BCUT2D eigenvalue weighted by Gasteiger charge is -2.14. The maximum absolute atomic E-state index is 6.76. The standard InChI is InChI=1S/C56H34N2O2/c1-3-13-37(14-4-1)57-49-25-21-35(27-43(49)45-29-47-41-23-19-33-11-7-9-17-39(33)55(41)59-53(47)31-51(45)57)36-22-26-50-44(28-36)46-30-48-42-24-20-34-12-8-10-18-40(34)56(42)60-54(48)32-52(46)58(50)38-15-5-2-6-16-38/h1-19,21-23,25-32H,20,24H2. The van der Waals surface area contributed by atoms with Crippen molar-refractivity contribution in [2.75, 3.05) is 0 Å². The second-order valence-corrected chi connectivity index (χ2v) is 16.4. The van der Waals surface area contributed by atoms with E-state index in [9.17, 15) is 0 Å². The Bertz CT molecular complexity index is 3930. The van der Waals surface area contributed by atoms with E-state index in [1.54, 1.807) is 0 Å². The second-order valence-electron chi connectivity index (χ2n) is 16.4. The van der Waals surface area contributed by atoms with Crippen LogP contribution >= 0.6 is 0 Å². The van der Waals surface area contributed by atoms with E-state index < -0.39 is 0 Å². The Kier molecular flexibility index (Phi) is 6.37. The molecule has 13 aromatic rings. The van der Waals surface area contributed by atoms with Gasteiger partial charge in [-0.15, -0.1) is 0 Å². The topological polar surface area (TPSA) is 36.1 Å². The van der Waals surface area contributed by atoms with E-state index in [0.29, 0.717) is 0 Å². The van der Waals surface area contributed by atoms with Gasteiger partial charge in [0.15, 0.2) is 0 Å². The summed E-state index contributed by atoms with van der Waals surface area (Å²) < 4.78 is 18.2. The van der Waals surface area contributed by atoms with E-state index in [-0.39, 0.29) is 0 Å². The van der Waals surface area contributed by atoms with E-state index in [4.69, 9.17) is 8.83 Å².